The lowest BCUT2D eigenvalue weighted by Gasteiger charge is -2.40. The quantitative estimate of drug-likeness (QED) is 0.487. The van der Waals surface area contributed by atoms with E-state index in [0.29, 0.717) is 30.2 Å². The molecule has 11 heteroatoms. The van der Waals surface area contributed by atoms with Gasteiger partial charge in [0.05, 0.1) is 16.5 Å². The fourth-order valence-corrected chi connectivity index (χ4v) is 9.02. The van der Waals surface area contributed by atoms with Crippen molar-refractivity contribution >= 4 is 64.1 Å². The SMILES string of the molecule is Cl.Cl.O.O.O=C1[C@@H]2[C@H]3CC[C@H](C3)[C@@H]2C(=O)N1C[C@@H]1CCCC[C@H]1CN1CCN(c2nsc3ccccc23)CC1. The van der Waals surface area contributed by atoms with Gasteiger partial charge in [-0.05, 0) is 79.4 Å². The zero-order valence-corrected chi connectivity index (χ0v) is 24.7. The van der Waals surface area contributed by atoms with E-state index in [-0.39, 0.29) is 59.4 Å². The van der Waals surface area contributed by atoms with Gasteiger partial charge in [0.15, 0.2) is 0 Å². The number of carbonyl (C=O) groups is 2. The number of piperazine rings is 1. The van der Waals surface area contributed by atoms with E-state index in [2.05, 4.69) is 34.1 Å². The summed E-state index contributed by atoms with van der Waals surface area (Å²) in [4.78, 5) is 33.4. The average Bonchev–Trinajstić information content (AvgIpc) is 3.66. The largest absolute Gasteiger partial charge is 0.412 e. The second-order valence-corrected chi connectivity index (χ2v) is 12.6. The number of hydrogen-bond donors (Lipinski definition) is 0. The number of benzene rings is 1. The molecule has 3 heterocycles. The van der Waals surface area contributed by atoms with Crippen LogP contribution in [0.1, 0.15) is 44.9 Å². The summed E-state index contributed by atoms with van der Waals surface area (Å²) in [6, 6.07) is 8.54. The number of imide groups is 1. The molecule has 2 saturated heterocycles. The highest BCUT2D eigenvalue weighted by atomic mass is 35.5. The number of carbonyl (C=O) groups excluding carboxylic acids is 2. The van der Waals surface area contributed by atoms with Crippen LogP contribution in [-0.2, 0) is 9.59 Å². The molecule has 0 spiro atoms. The van der Waals surface area contributed by atoms with Crippen LogP contribution in [0.2, 0.25) is 0 Å². The first-order chi connectivity index (χ1) is 17.2. The van der Waals surface area contributed by atoms with Crippen molar-refractivity contribution in [2.45, 2.75) is 44.9 Å². The van der Waals surface area contributed by atoms with Gasteiger partial charge in [0.25, 0.3) is 0 Å². The molecule has 2 aliphatic heterocycles. The Hall–Kier alpha value is -1.49. The molecule has 6 atom stereocenters. The van der Waals surface area contributed by atoms with Crippen molar-refractivity contribution < 1.29 is 20.5 Å². The van der Waals surface area contributed by atoms with Crippen LogP contribution in [-0.4, -0.2) is 76.2 Å². The molecule has 5 aliphatic rings. The molecule has 1 aromatic carbocycles. The summed E-state index contributed by atoms with van der Waals surface area (Å²) in [5.74, 6) is 3.59. The highest BCUT2D eigenvalue weighted by molar-refractivity contribution is 7.13. The third kappa shape index (κ3) is 5.55. The third-order valence-corrected chi connectivity index (χ3v) is 10.8. The Labute approximate surface area is 247 Å². The van der Waals surface area contributed by atoms with E-state index in [1.165, 1.54) is 29.3 Å². The summed E-state index contributed by atoms with van der Waals surface area (Å²) >= 11 is 1.60. The number of fused-ring (bicyclic) bond motifs is 6. The third-order valence-electron chi connectivity index (χ3n) is 10.0. The first kappa shape index (κ1) is 32.0. The van der Waals surface area contributed by atoms with Crippen molar-refractivity contribution in [3.63, 3.8) is 0 Å². The second kappa shape index (κ2) is 13.0. The fourth-order valence-electron chi connectivity index (χ4n) is 8.22. The first-order valence-corrected chi connectivity index (χ1v) is 14.6. The summed E-state index contributed by atoms with van der Waals surface area (Å²) in [6.07, 6.45) is 8.35. The van der Waals surface area contributed by atoms with E-state index in [1.54, 1.807) is 16.4 Å². The summed E-state index contributed by atoms with van der Waals surface area (Å²) in [6.45, 7) is 5.93. The average molecular weight is 602 g/mol. The van der Waals surface area contributed by atoms with E-state index < -0.39 is 0 Å². The van der Waals surface area contributed by atoms with Gasteiger partial charge in [-0.3, -0.25) is 19.4 Å². The van der Waals surface area contributed by atoms with Crippen LogP contribution in [0.3, 0.4) is 0 Å². The molecular weight excluding hydrogens is 559 g/mol. The predicted octanol–water partition coefficient (Wildman–Crippen LogP) is 3.45. The Morgan fingerprint density at radius 3 is 2.03 bits per heavy atom. The number of halogens is 2. The van der Waals surface area contributed by atoms with E-state index in [1.807, 2.05) is 0 Å². The number of likely N-dealkylation sites (tertiary alicyclic amines) is 1. The molecule has 218 valence electrons. The van der Waals surface area contributed by atoms with Crippen LogP contribution in [0.15, 0.2) is 24.3 Å². The molecule has 3 saturated carbocycles. The number of aromatic nitrogens is 1. The normalized spacial score (nSPS) is 31.8. The van der Waals surface area contributed by atoms with Gasteiger partial charge in [0.1, 0.15) is 5.82 Å². The zero-order chi connectivity index (χ0) is 23.5. The highest BCUT2D eigenvalue weighted by Gasteiger charge is 2.61. The van der Waals surface area contributed by atoms with Crippen LogP contribution in [0, 0.1) is 35.5 Å². The van der Waals surface area contributed by atoms with E-state index in [0.717, 1.165) is 64.2 Å². The molecule has 2 bridgehead atoms. The minimum atomic E-state index is 0. The summed E-state index contributed by atoms with van der Waals surface area (Å²) < 4.78 is 6.02. The monoisotopic (exact) mass is 600 g/mol. The van der Waals surface area contributed by atoms with Gasteiger partial charge in [0.2, 0.25) is 11.8 Å². The number of anilines is 1. The molecule has 8 nitrogen and oxygen atoms in total. The summed E-state index contributed by atoms with van der Waals surface area (Å²) in [5, 5.41) is 1.27. The van der Waals surface area contributed by atoms with Gasteiger partial charge in [-0.15, -0.1) is 24.8 Å². The molecule has 4 N–H and O–H groups in total. The first-order valence-electron chi connectivity index (χ1n) is 13.8. The summed E-state index contributed by atoms with van der Waals surface area (Å²) in [5.41, 5.74) is 0. The minimum absolute atomic E-state index is 0. The molecule has 2 amide bonds. The van der Waals surface area contributed by atoms with Gasteiger partial charge in [0, 0.05) is 44.7 Å². The van der Waals surface area contributed by atoms with Gasteiger partial charge in [-0.2, -0.15) is 4.37 Å². The van der Waals surface area contributed by atoms with Crippen molar-refractivity contribution in [3.8, 4) is 0 Å². The van der Waals surface area contributed by atoms with Crippen molar-refractivity contribution in [3.05, 3.63) is 24.3 Å². The van der Waals surface area contributed by atoms with Crippen molar-refractivity contribution in [2.24, 2.45) is 35.5 Å². The van der Waals surface area contributed by atoms with Crippen LogP contribution in [0.25, 0.3) is 10.1 Å². The van der Waals surface area contributed by atoms with Gasteiger partial charge in [-0.25, -0.2) is 0 Å². The molecule has 0 radical (unpaired) electrons. The number of amides is 2. The number of hydrogen-bond acceptors (Lipinski definition) is 6. The lowest BCUT2D eigenvalue weighted by atomic mass is 9.78. The molecule has 39 heavy (non-hydrogen) atoms. The Morgan fingerprint density at radius 1 is 0.795 bits per heavy atom. The maximum atomic E-state index is 13.3. The maximum absolute atomic E-state index is 13.3. The lowest BCUT2D eigenvalue weighted by molar-refractivity contribution is -0.142. The predicted molar refractivity (Wildman–Crippen MR) is 160 cm³/mol. The van der Waals surface area contributed by atoms with Crippen molar-refractivity contribution in [1.29, 1.82) is 0 Å². The van der Waals surface area contributed by atoms with Crippen molar-refractivity contribution in [1.82, 2.24) is 14.2 Å². The van der Waals surface area contributed by atoms with E-state index in [9.17, 15) is 9.59 Å². The maximum Gasteiger partial charge on any atom is 0.233 e. The van der Waals surface area contributed by atoms with Crippen LogP contribution < -0.4 is 4.90 Å². The van der Waals surface area contributed by atoms with Gasteiger partial charge in [-0.1, -0.05) is 25.0 Å². The summed E-state index contributed by atoms with van der Waals surface area (Å²) in [7, 11) is 0. The van der Waals surface area contributed by atoms with Crippen LogP contribution in [0.4, 0.5) is 5.82 Å². The second-order valence-electron chi connectivity index (χ2n) is 11.8. The minimum Gasteiger partial charge on any atom is -0.412 e. The Kier molecular flexibility index (Phi) is 10.7. The van der Waals surface area contributed by atoms with E-state index >= 15 is 0 Å². The zero-order valence-electron chi connectivity index (χ0n) is 22.3. The van der Waals surface area contributed by atoms with Crippen molar-refractivity contribution in [2.75, 3.05) is 44.2 Å². The molecule has 2 aromatic rings. The molecule has 1 aromatic heterocycles. The number of rotatable bonds is 5. The van der Waals surface area contributed by atoms with E-state index in [4.69, 9.17) is 4.37 Å². The Balaban J connectivity index is 0.00000105. The molecule has 5 fully saturated rings. The van der Waals surface area contributed by atoms with Gasteiger partial charge >= 0.3 is 0 Å². The highest BCUT2D eigenvalue weighted by Crippen LogP contribution is 2.56. The number of nitrogens with zero attached hydrogens (tertiary/aromatic N) is 4. The fraction of sp³-hybridized carbons (Fsp3) is 0.679. The van der Waals surface area contributed by atoms with Gasteiger partial charge < -0.3 is 15.9 Å². The van der Waals surface area contributed by atoms with Crippen LogP contribution >= 0.6 is 36.3 Å². The van der Waals surface area contributed by atoms with Crippen LogP contribution in [0.5, 0.6) is 0 Å². The molecule has 3 aliphatic carbocycles. The Morgan fingerprint density at radius 2 is 1.38 bits per heavy atom. The Bertz CT molecular complexity index is 1120. The smallest absolute Gasteiger partial charge is 0.233 e. The standard InChI is InChI=1S/C28H36N4O2S.2ClH.2H2O/c33-27-24-18-9-10-19(15-18)25(24)28(34)32(27)17-21-6-2-1-5-20(21)16-30-11-13-31(14-12-30)26-22-7-3-4-8-23(22)35-29-26;;;;/h3-4,7-8,18-21,24-25H,1-2,5-6,9-17H2;2*1H;2*1H2/t18-,19+,20-,21-,24+,25-;;;;/m0..../s1. The topological polar surface area (TPSA) is 120 Å². The lowest BCUT2D eigenvalue weighted by Crippen LogP contribution is -2.49. The molecule has 0 unspecified atom stereocenters. The molecular formula is C28H42Cl2N4O4S. The molecule has 7 rings (SSSR count).